The molecule has 2 rings (SSSR count). The first-order valence-corrected chi connectivity index (χ1v) is 10.2. The molecule has 0 atom stereocenters. The summed E-state index contributed by atoms with van der Waals surface area (Å²) in [5.41, 5.74) is 2.52. The van der Waals surface area contributed by atoms with Gasteiger partial charge in [-0.15, -0.1) is 0 Å². The molecule has 0 heterocycles. The molecule has 0 unspecified atom stereocenters. The van der Waals surface area contributed by atoms with Gasteiger partial charge in [-0.3, -0.25) is 4.79 Å². The molecule has 0 bridgehead atoms. The van der Waals surface area contributed by atoms with E-state index in [4.69, 9.17) is 9.47 Å². The Hall–Kier alpha value is -2.95. The fourth-order valence-electron chi connectivity index (χ4n) is 2.64. The number of carbonyl (C=O) groups excluding carboxylic acids is 1. The largest absolute Gasteiger partial charge is 0.494 e. The van der Waals surface area contributed by atoms with Crippen LogP contribution in [-0.4, -0.2) is 25.7 Å². The third-order valence-corrected chi connectivity index (χ3v) is 4.18. The number of hydrogen-bond donors (Lipinski definition) is 2. The highest BCUT2D eigenvalue weighted by Gasteiger charge is 2.04. The normalized spacial score (nSPS) is 10.3. The molecule has 5 nitrogen and oxygen atoms in total. The van der Waals surface area contributed by atoms with Gasteiger partial charge in [-0.1, -0.05) is 38.8 Å². The molecule has 2 aromatic rings. The minimum absolute atomic E-state index is 0.119. The van der Waals surface area contributed by atoms with Crippen LogP contribution >= 0.6 is 0 Å². The van der Waals surface area contributed by atoms with Gasteiger partial charge < -0.3 is 20.1 Å². The summed E-state index contributed by atoms with van der Waals surface area (Å²) < 4.78 is 11.3. The molecule has 156 valence electrons. The zero-order valence-corrected chi connectivity index (χ0v) is 17.5. The van der Waals surface area contributed by atoms with Gasteiger partial charge in [0.15, 0.2) is 0 Å². The van der Waals surface area contributed by atoms with Crippen molar-refractivity contribution < 1.29 is 14.3 Å². The Bertz CT molecular complexity index is 772. The third-order valence-electron chi connectivity index (χ3n) is 4.18. The Balaban J connectivity index is 1.73. The second-order valence-corrected chi connectivity index (χ2v) is 7.11. The van der Waals surface area contributed by atoms with Gasteiger partial charge in [0.1, 0.15) is 18.1 Å². The summed E-state index contributed by atoms with van der Waals surface area (Å²) in [6.45, 7) is 9.30. The van der Waals surface area contributed by atoms with Crippen LogP contribution < -0.4 is 20.1 Å². The number of anilines is 2. The number of carbonyl (C=O) groups is 1. The Labute approximate surface area is 174 Å². The SMILES string of the molecule is C=C(C)COc1cccc(NCC(=O)Nc2ccc(OCCCCCC)cc2)c1. The van der Waals surface area contributed by atoms with E-state index in [0.29, 0.717) is 6.61 Å². The van der Waals surface area contributed by atoms with Crippen LogP contribution in [0.15, 0.2) is 60.7 Å². The summed E-state index contributed by atoms with van der Waals surface area (Å²) in [5, 5.41) is 5.99. The Morgan fingerprint density at radius 1 is 0.966 bits per heavy atom. The number of unbranched alkanes of at least 4 members (excludes halogenated alkanes) is 3. The number of hydrogen-bond acceptors (Lipinski definition) is 4. The molecule has 1 amide bonds. The quantitative estimate of drug-likeness (QED) is 0.339. The van der Waals surface area contributed by atoms with Gasteiger partial charge in [0.05, 0.1) is 13.2 Å². The number of amides is 1. The smallest absolute Gasteiger partial charge is 0.243 e. The molecule has 0 fully saturated rings. The fraction of sp³-hybridized carbons (Fsp3) is 0.375. The maximum absolute atomic E-state index is 12.2. The highest BCUT2D eigenvalue weighted by molar-refractivity contribution is 5.93. The van der Waals surface area contributed by atoms with E-state index >= 15 is 0 Å². The minimum Gasteiger partial charge on any atom is -0.494 e. The summed E-state index contributed by atoms with van der Waals surface area (Å²) in [6.07, 6.45) is 4.73. The molecule has 0 aromatic heterocycles. The predicted octanol–water partition coefficient (Wildman–Crippen LogP) is 5.65. The summed E-state index contributed by atoms with van der Waals surface area (Å²) in [5.74, 6) is 1.44. The van der Waals surface area contributed by atoms with Crippen molar-refractivity contribution in [2.75, 3.05) is 30.4 Å². The molecule has 29 heavy (non-hydrogen) atoms. The van der Waals surface area contributed by atoms with Crippen molar-refractivity contribution in [2.45, 2.75) is 39.5 Å². The van der Waals surface area contributed by atoms with Gasteiger partial charge in [-0.05, 0) is 55.3 Å². The molecule has 0 radical (unpaired) electrons. The van der Waals surface area contributed by atoms with E-state index in [0.717, 1.165) is 41.5 Å². The minimum atomic E-state index is -0.119. The van der Waals surface area contributed by atoms with E-state index in [1.54, 1.807) is 0 Å². The zero-order chi connectivity index (χ0) is 20.9. The van der Waals surface area contributed by atoms with Crippen LogP contribution in [0.4, 0.5) is 11.4 Å². The number of ether oxygens (including phenoxy) is 2. The van der Waals surface area contributed by atoms with Crippen LogP contribution in [0.1, 0.15) is 39.5 Å². The summed E-state index contributed by atoms with van der Waals surface area (Å²) >= 11 is 0. The lowest BCUT2D eigenvalue weighted by Crippen LogP contribution is -2.21. The van der Waals surface area contributed by atoms with Crippen LogP contribution in [0.25, 0.3) is 0 Å². The maximum Gasteiger partial charge on any atom is 0.243 e. The monoisotopic (exact) mass is 396 g/mol. The van der Waals surface area contributed by atoms with E-state index in [1.165, 1.54) is 19.3 Å². The van der Waals surface area contributed by atoms with Gasteiger partial charge in [0.25, 0.3) is 0 Å². The summed E-state index contributed by atoms with van der Waals surface area (Å²) in [4.78, 5) is 12.2. The lowest BCUT2D eigenvalue weighted by atomic mass is 10.2. The van der Waals surface area contributed by atoms with Crippen molar-refractivity contribution in [3.63, 3.8) is 0 Å². The number of benzene rings is 2. The van der Waals surface area contributed by atoms with Crippen LogP contribution in [0.2, 0.25) is 0 Å². The van der Waals surface area contributed by atoms with Crippen LogP contribution in [-0.2, 0) is 4.79 Å². The van der Waals surface area contributed by atoms with Crippen molar-refractivity contribution in [1.29, 1.82) is 0 Å². The molecular formula is C24H32N2O3. The van der Waals surface area contributed by atoms with Gasteiger partial charge in [0.2, 0.25) is 5.91 Å². The number of rotatable bonds is 13. The van der Waals surface area contributed by atoms with Crippen molar-refractivity contribution >= 4 is 17.3 Å². The third kappa shape index (κ3) is 9.19. The molecule has 5 heteroatoms. The van der Waals surface area contributed by atoms with Gasteiger partial charge in [-0.2, -0.15) is 0 Å². The van der Waals surface area contributed by atoms with Crippen molar-refractivity contribution in [2.24, 2.45) is 0 Å². The van der Waals surface area contributed by atoms with Gasteiger partial charge in [-0.25, -0.2) is 0 Å². The average Bonchev–Trinajstić information content (AvgIpc) is 2.72. The summed E-state index contributed by atoms with van der Waals surface area (Å²) in [6, 6.07) is 15.0. The van der Waals surface area contributed by atoms with Crippen LogP contribution in [0, 0.1) is 0 Å². The molecule has 0 spiro atoms. The van der Waals surface area contributed by atoms with Crippen LogP contribution in [0.3, 0.4) is 0 Å². The van der Waals surface area contributed by atoms with Crippen LogP contribution in [0.5, 0.6) is 11.5 Å². The molecule has 0 aliphatic carbocycles. The van der Waals surface area contributed by atoms with E-state index < -0.39 is 0 Å². The van der Waals surface area contributed by atoms with E-state index in [2.05, 4.69) is 24.1 Å². The highest BCUT2D eigenvalue weighted by atomic mass is 16.5. The van der Waals surface area contributed by atoms with Crippen molar-refractivity contribution in [3.8, 4) is 11.5 Å². The Morgan fingerprint density at radius 3 is 2.48 bits per heavy atom. The van der Waals surface area contributed by atoms with Crippen molar-refractivity contribution in [1.82, 2.24) is 0 Å². The highest BCUT2D eigenvalue weighted by Crippen LogP contribution is 2.18. The standard InChI is InChI=1S/C24H32N2O3/c1-4-5-6-7-15-28-22-13-11-20(12-14-22)26-24(27)17-25-21-9-8-10-23(16-21)29-18-19(2)3/h8-14,16,25H,2,4-7,15,17-18H2,1,3H3,(H,26,27). The first-order chi connectivity index (χ1) is 14.1. The first kappa shape index (κ1) is 22.3. The van der Waals surface area contributed by atoms with E-state index in [1.807, 2.05) is 55.5 Å². The molecule has 0 saturated carbocycles. The molecular weight excluding hydrogens is 364 g/mol. The summed E-state index contributed by atoms with van der Waals surface area (Å²) in [7, 11) is 0. The van der Waals surface area contributed by atoms with Crippen molar-refractivity contribution in [3.05, 3.63) is 60.7 Å². The topological polar surface area (TPSA) is 59.6 Å². The molecule has 2 N–H and O–H groups in total. The second-order valence-electron chi connectivity index (χ2n) is 7.11. The zero-order valence-electron chi connectivity index (χ0n) is 17.5. The van der Waals surface area contributed by atoms with Gasteiger partial charge in [0, 0.05) is 17.4 Å². The second kappa shape index (κ2) is 12.5. The molecule has 2 aromatic carbocycles. The number of nitrogens with one attached hydrogen (secondary N) is 2. The molecule has 0 aliphatic heterocycles. The molecule has 0 saturated heterocycles. The van der Waals surface area contributed by atoms with Gasteiger partial charge >= 0.3 is 0 Å². The molecule has 0 aliphatic rings. The fourth-order valence-corrected chi connectivity index (χ4v) is 2.64. The lowest BCUT2D eigenvalue weighted by Gasteiger charge is -2.11. The lowest BCUT2D eigenvalue weighted by molar-refractivity contribution is -0.114. The Kier molecular flexibility index (Phi) is 9.63. The average molecular weight is 397 g/mol. The van der Waals surface area contributed by atoms with E-state index in [9.17, 15) is 4.79 Å². The Morgan fingerprint density at radius 2 is 1.76 bits per heavy atom. The van der Waals surface area contributed by atoms with E-state index in [-0.39, 0.29) is 12.5 Å². The maximum atomic E-state index is 12.2. The first-order valence-electron chi connectivity index (χ1n) is 10.2. The predicted molar refractivity (Wildman–Crippen MR) is 120 cm³/mol.